The Hall–Kier alpha value is -0.890. The maximum Gasteiger partial charge on any atom is 0.133 e. The molecule has 14 heavy (non-hydrogen) atoms. The van der Waals surface area contributed by atoms with Gasteiger partial charge in [-0.1, -0.05) is 12.1 Å². The van der Waals surface area contributed by atoms with E-state index in [1.165, 1.54) is 10.5 Å². The Morgan fingerprint density at radius 2 is 2.36 bits per heavy atom. The van der Waals surface area contributed by atoms with Crippen molar-refractivity contribution in [1.82, 2.24) is 0 Å². The summed E-state index contributed by atoms with van der Waals surface area (Å²) in [6.07, 6.45) is 5.85. The van der Waals surface area contributed by atoms with E-state index in [9.17, 15) is 0 Å². The highest BCUT2D eigenvalue weighted by Gasteiger charge is 2.31. The molecule has 0 aromatic heterocycles. The monoisotopic (exact) mass is 204 g/mol. The van der Waals surface area contributed by atoms with Crippen LogP contribution in [0.5, 0.6) is 5.75 Å². The number of fused-ring (bicyclic) bond motifs is 2. The molecule has 0 saturated heterocycles. The van der Waals surface area contributed by atoms with Crippen LogP contribution < -0.4 is 4.74 Å². The summed E-state index contributed by atoms with van der Waals surface area (Å²) in [6, 6.07) is 6.41. The number of aryl methyl sites for hydroxylation is 1. The predicted octanol–water partition coefficient (Wildman–Crippen LogP) is 3.18. The van der Waals surface area contributed by atoms with Crippen molar-refractivity contribution in [3.05, 3.63) is 35.9 Å². The molecule has 1 aliphatic heterocycles. The standard InChI is InChI=1S/C12H12OS/c1-8-5-6-10-12(7-8)14-11-4-2-3-9(11)13-10/h2-3,5-7,9,11H,4H2,1H3. The van der Waals surface area contributed by atoms with Crippen LogP contribution in [0.25, 0.3) is 0 Å². The van der Waals surface area contributed by atoms with Crippen LogP contribution in [0.1, 0.15) is 12.0 Å². The molecule has 2 unspecified atom stereocenters. The maximum absolute atomic E-state index is 5.90. The lowest BCUT2D eigenvalue weighted by Gasteiger charge is -2.27. The summed E-state index contributed by atoms with van der Waals surface area (Å²) in [5, 5.41) is 0.601. The molecule has 2 heteroatoms. The summed E-state index contributed by atoms with van der Waals surface area (Å²) in [6.45, 7) is 2.12. The summed E-state index contributed by atoms with van der Waals surface area (Å²) < 4.78 is 5.90. The van der Waals surface area contributed by atoms with Crippen LogP contribution >= 0.6 is 11.8 Å². The van der Waals surface area contributed by atoms with Crippen molar-refractivity contribution in [1.29, 1.82) is 0 Å². The second kappa shape index (κ2) is 3.06. The third-order valence-corrected chi connectivity index (χ3v) is 4.04. The summed E-state index contributed by atoms with van der Waals surface area (Å²) in [4.78, 5) is 1.30. The molecule has 1 heterocycles. The predicted molar refractivity (Wildman–Crippen MR) is 59.0 cm³/mol. The molecule has 0 N–H and O–H groups in total. The van der Waals surface area contributed by atoms with Gasteiger partial charge in [0.1, 0.15) is 11.9 Å². The zero-order chi connectivity index (χ0) is 9.54. The zero-order valence-electron chi connectivity index (χ0n) is 8.07. The van der Waals surface area contributed by atoms with Crippen LogP contribution in [0.2, 0.25) is 0 Å². The van der Waals surface area contributed by atoms with E-state index in [1.807, 2.05) is 11.8 Å². The second-order valence-corrected chi connectivity index (χ2v) is 5.13. The van der Waals surface area contributed by atoms with Crippen LogP contribution in [-0.2, 0) is 0 Å². The highest BCUT2D eigenvalue weighted by atomic mass is 32.2. The molecule has 1 aliphatic carbocycles. The van der Waals surface area contributed by atoms with Crippen LogP contribution in [0.15, 0.2) is 35.2 Å². The van der Waals surface area contributed by atoms with Gasteiger partial charge in [0.05, 0.1) is 10.1 Å². The summed E-state index contributed by atoms with van der Waals surface area (Å²) in [5.74, 6) is 1.05. The average Bonchev–Trinajstić information content (AvgIpc) is 2.61. The summed E-state index contributed by atoms with van der Waals surface area (Å²) in [7, 11) is 0. The van der Waals surface area contributed by atoms with E-state index in [-0.39, 0.29) is 0 Å². The molecule has 1 aromatic rings. The van der Waals surface area contributed by atoms with Gasteiger partial charge in [-0.25, -0.2) is 0 Å². The van der Waals surface area contributed by atoms with E-state index < -0.39 is 0 Å². The first-order chi connectivity index (χ1) is 6.83. The Labute approximate surface area is 88.2 Å². The first-order valence-corrected chi connectivity index (χ1v) is 5.81. The highest BCUT2D eigenvalue weighted by Crippen LogP contribution is 2.43. The number of thioether (sulfide) groups is 1. The quantitative estimate of drug-likeness (QED) is 0.600. The van der Waals surface area contributed by atoms with E-state index in [4.69, 9.17) is 4.74 Å². The Morgan fingerprint density at radius 1 is 1.43 bits per heavy atom. The van der Waals surface area contributed by atoms with Crippen molar-refractivity contribution < 1.29 is 4.74 Å². The van der Waals surface area contributed by atoms with Gasteiger partial charge in [0.15, 0.2) is 0 Å². The van der Waals surface area contributed by atoms with Crippen molar-refractivity contribution >= 4 is 11.8 Å². The van der Waals surface area contributed by atoms with E-state index in [2.05, 4.69) is 37.3 Å². The minimum atomic E-state index is 0.301. The number of hydrogen-bond donors (Lipinski definition) is 0. The molecule has 0 spiro atoms. The smallest absolute Gasteiger partial charge is 0.133 e. The van der Waals surface area contributed by atoms with E-state index in [0.717, 1.165) is 12.2 Å². The third kappa shape index (κ3) is 1.25. The Bertz CT molecular complexity index is 397. The van der Waals surface area contributed by atoms with Crippen molar-refractivity contribution in [2.75, 3.05) is 0 Å². The maximum atomic E-state index is 5.90. The molecule has 2 aliphatic rings. The topological polar surface area (TPSA) is 9.23 Å². The Kier molecular flexibility index (Phi) is 1.84. The number of benzene rings is 1. The van der Waals surface area contributed by atoms with Gasteiger partial charge in [0.2, 0.25) is 0 Å². The van der Waals surface area contributed by atoms with Crippen molar-refractivity contribution in [2.24, 2.45) is 0 Å². The third-order valence-electron chi connectivity index (χ3n) is 2.70. The lowest BCUT2D eigenvalue weighted by molar-refractivity contribution is 0.241. The fourth-order valence-electron chi connectivity index (χ4n) is 1.95. The zero-order valence-corrected chi connectivity index (χ0v) is 8.88. The molecule has 3 rings (SSSR count). The van der Waals surface area contributed by atoms with Crippen LogP contribution in [0, 0.1) is 6.92 Å². The molecule has 0 saturated carbocycles. The minimum Gasteiger partial charge on any atom is -0.484 e. The number of hydrogen-bond acceptors (Lipinski definition) is 2. The van der Waals surface area contributed by atoms with Crippen molar-refractivity contribution in [3.63, 3.8) is 0 Å². The molecule has 0 amide bonds. The van der Waals surface area contributed by atoms with Gasteiger partial charge < -0.3 is 4.74 Å². The van der Waals surface area contributed by atoms with Crippen LogP contribution in [0.3, 0.4) is 0 Å². The van der Waals surface area contributed by atoms with E-state index >= 15 is 0 Å². The summed E-state index contributed by atoms with van der Waals surface area (Å²) >= 11 is 1.95. The molecule has 0 bridgehead atoms. The van der Waals surface area contributed by atoms with Gasteiger partial charge in [-0.15, -0.1) is 11.8 Å². The van der Waals surface area contributed by atoms with Gasteiger partial charge in [0, 0.05) is 0 Å². The van der Waals surface area contributed by atoms with Crippen molar-refractivity contribution in [2.45, 2.75) is 29.6 Å². The number of ether oxygens (including phenoxy) is 1. The average molecular weight is 204 g/mol. The van der Waals surface area contributed by atoms with Gasteiger partial charge in [-0.2, -0.15) is 0 Å². The number of allylic oxidation sites excluding steroid dienone is 1. The molecule has 1 nitrogen and oxygen atoms in total. The van der Waals surface area contributed by atoms with Gasteiger partial charge in [-0.3, -0.25) is 0 Å². The summed E-state index contributed by atoms with van der Waals surface area (Å²) in [5.41, 5.74) is 1.31. The van der Waals surface area contributed by atoms with Crippen LogP contribution in [0.4, 0.5) is 0 Å². The van der Waals surface area contributed by atoms with E-state index in [0.29, 0.717) is 11.4 Å². The van der Waals surface area contributed by atoms with Crippen molar-refractivity contribution in [3.8, 4) is 5.75 Å². The number of rotatable bonds is 0. The van der Waals surface area contributed by atoms with Crippen LogP contribution in [-0.4, -0.2) is 11.4 Å². The fourth-order valence-corrected chi connectivity index (χ4v) is 3.25. The lowest BCUT2D eigenvalue weighted by atomic mass is 10.2. The van der Waals surface area contributed by atoms with Gasteiger partial charge in [0.25, 0.3) is 0 Å². The molecule has 0 fully saturated rings. The van der Waals surface area contributed by atoms with E-state index in [1.54, 1.807) is 0 Å². The second-order valence-electron chi connectivity index (χ2n) is 3.85. The molecule has 1 aromatic carbocycles. The molecular formula is C12H12OS. The molecule has 0 radical (unpaired) electrons. The molecular weight excluding hydrogens is 192 g/mol. The highest BCUT2D eigenvalue weighted by molar-refractivity contribution is 8.00. The van der Waals surface area contributed by atoms with Gasteiger partial charge in [-0.05, 0) is 37.1 Å². The molecule has 2 atom stereocenters. The minimum absolute atomic E-state index is 0.301. The largest absolute Gasteiger partial charge is 0.484 e. The Balaban J connectivity index is 2.00. The Morgan fingerprint density at radius 3 is 3.29 bits per heavy atom. The first kappa shape index (κ1) is 8.42. The van der Waals surface area contributed by atoms with Gasteiger partial charge >= 0.3 is 0 Å². The normalized spacial score (nSPS) is 28.1. The lowest BCUT2D eigenvalue weighted by Crippen LogP contribution is -2.26. The fraction of sp³-hybridized carbons (Fsp3) is 0.333. The first-order valence-electron chi connectivity index (χ1n) is 4.93. The molecule has 72 valence electrons. The SMILES string of the molecule is Cc1ccc2c(c1)SC1CC=CC1O2.